The van der Waals surface area contributed by atoms with Gasteiger partial charge in [0.15, 0.2) is 0 Å². The highest BCUT2D eigenvalue weighted by molar-refractivity contribution is 5.84. The van der Waals surface area contributed by atoms with Gasteiger partial charge in [0.2, 0.25) is 0 Å². The van der Waals surface area contributed by atoms with Gasteiger partial charge >= 0.3 is 0 Å². The molecule has 98 valence electrons. The molecule has 0 spiro atoms. The first-order valence-corrected chi connectivity index (χ1v) is 6.66. The average molecular weight is 246 g/mol. The molecule has 0 aliphatic rings. The lowest BCUT2D eigenvalue weighted by molar-refractivity contribution is 0.0908. The molecule has 0 bridgehead atoms. The highest BCUT2D eigenvalue weighted by Crippen LogP contribution is 2.22. The molecule has 2 N–H and O–H groups in total. The zero-order valence-electron chi connectivity index (χ0n) is 11.2. The Balaban J connectivity index is 2.34. The van der Waals surface area contributed by atoms with Crippen LogP contribution in [0.15, 0.2) is 30.5 Å². The van der Waals surface area contributed by atoms with Gasteiger partial charge < -0.3 is 15.0 Å². The number of rotatable bonds is 6. The van der Waals surface area contributed by atoms with Crippen LogP contribution in [0.5, 0.6) is 0 Å². The van der Waals surface area contributed by atoms with E-state index in [2.05, 4.69) is 42.0 Å². The van der Waals surface area contributed by atoms with E-state index in [9.17, 15) is 0 Å². The number of aromatic nitrogens is 1. The summed E-state index contributed by atoms with van der Waals surface area (Å²) in [5, 5.41) is 1.29. The van der Waals surface area contributed by atoms with Crippen LogP contribution >= 0.6 is 0 Å². The van der Waals surface area contributed by atoms with E-state index in [4.69, 9.17) is 10.5 Å². The third-order valence-corrected chi connectivity index (χ3v) is 3.31. The van der Waals surface area contributed by atoms with Gasteiger partial charge in [0.1, 0.15) is 6.73 Å². The number of fused-ring (bicyclic) bond motifs is 1. The summed E-state index contributed by atoms with van der Waals surface area (Å²) in [6.07, 6.45) is 4.11. The molecule has 18 heavy (non-hydrogen) atoms. The first-order chi connectivity index (χ1) is 8.76. The molecule has 0 saturated heterocycles. The summed E-state index contributed by atoms with van der Waals surface area (Å²) in [7, 11) is 0. The third-order valence-electron chi connectivity index (χ3n) is 3.31. The minimum atomic E-state index is 0.233. The van der Waals surface area contributed by atoms with Gasteiger partial charge in [-0.15, -0.1) is 0 Å². The molecule has 1 atom stereocenters. The van der Waals surface area contributed by atoms with Gasteiger partial charge in [0, 0.05) is 24.2 Å². The molecule has 1 aromatic heterocycles. The van der Waals surface area contributed by atoms with E-state index in [1.165, 1.54) is 16.5 Å². The van der Waals surface area contributed by atoms with E-state index < -0.39 is 0 Å². The van der Waals surface area contributed by atoms with Gasteiger partial charge in [-0.05, 0) is 31.4 Å². The summed E-state index contributed by atoms with van der Waals surface area (Å²) < 4.78 is 7.67. The smallest absolute Gasteiger partial charge is 0.122 e. The van der Waals surface area contributed by atoms with Crippen LogP contribution in [0, 0.1) is 0 Å². The van der Waals surface area contributed by atoms with Crippen molar-refractivity contribution >= 4 is 10.9 Å². The Bertz CT molecular complexity index is 504. The van der Waals surface area contributed by atoms with Crippen molar-refractivity contribution < 1.29 is 4.74 Å². The minimum Gasteiger partial charge on any atom is -0.361 e. The van der Waals surface area contributed by atoms with Crippen LogP contribution < -0.4 is 5.73 Å². The number of para-hydroxylation sites is 1. The Labute approximate surface area is 109 Å². The third kappa shape index (κ3) is 2.74. The number of nitrogens with two attached hydrogens (primary N) is 1. The van der Waals surface area contributed by atoms with Gasteiger partial charge in [-0.3, -0.25) is 0 Å². The van der Waals surface area contributed by atoms with Crippen molar-refractivity contribution in [3.05, 3.63) is 36.0 Å². The molecule has 1 heterocycles. The SMILES string of the molecule is CCOCn1cc(CC(N)CC)c2ccccc21. The van der Waals surface area contributed by atoms with E-state index in [-0.39, 0.29) is 6.04 Å². The van der Waals surface area contributed by atoms with Gasteiger partial charge in [-0.1, -0.05) is 25.1 Å². The number of hydrogen-bond acceptors (Lipinski definition) is 2. The molecule has 0 aliphatic carbocycles. The molecular weight excluding hydrogens is 224 g/mol. The van der Waals surface area contributed by atoms with Crippen LogP contribution in [-0.2, 0) is 17.9 Å². The van der Waals surface area contributed by atoms with E-state index in [0.29, 0.717) is 6.73 Å². The lowest BCUT2D eigenvalue weighted by Gasteiger charge is -2.06. The molecule has 0 aliphatic heterocycles. The topological polar surface area (TPSA) is 40.2 Å². The fraction of sp³-hybridized carbons (Fsp3) is 0.467. The van der Waals surface area contributed by atoms with Crippen LogP contribution in [0.25, 0.3) is 10.9 Å². The second-order valence-corrected chi connectivity index (χ2v) is 4.64. The Morgan fingerprint density at radius 2 is 2.06 bits per heavy atom. The van der Waals surface area contributed by atoms with Crippen molar-refractivity contribution in [2.75, 3.05) is 6.61 Å². The molecule has 3 heteroatoms. The number of benzene rings is 1. The van der Waals surface area contributed by atoms with Crippen molar-refractivity contribution in [2.24, 2.45) is 5.73 Å². The summed E-state index contributed by atoms with van der Waals surface area (Å²) in [5.41, 5.74) is 8.61. The number of nitrogens with zero attached hydrogens (tertiary/aromatic N) is 1. The van der Waals surface area contributed by atoms with E-state index >= 15 is 0 Å². The van der Waals surface area contributed by atoms with Crippen molar-refractivity contribution in [1.29, 1.82) is 0 Å². The van der Waals surface area contributed by atoms with Gasteiger partial charge in [0.05, 0.1) is 5.52 Å². The summed E-state index contributed by atoms with van der Waals surface area (Å²) in [6, 6.07) is 8.67. The van der Waals surface area contributed by atoms with Crippen molar-refractivity contribution in [2.45, 2.75) is 39.5 Å². The Hall–Kier alpha value is -1.32. The quantitative estimate of drug-likeness (QED) is 0.851. The predicted molar refractivity (Wildman–Crippen MR) is 75.5 cm³/mol. The Morgan fingerprint density at radius 1 is 1.28 bits per heavy atom. The van der Waals surface area contributed by atoms with Crippen molar-refractivity contribution in [3.63, 3.8) is 0 Å². The largest absolute Gasteiger partial charge is 0.361 e. The van der Waals surface area contributed by atoms with Crippen LogP contribution in [0.3, 0.4) is 0 Å². The van der Waals surface area contributed by atoms with E-state index in [0.717, 1.165) is 19.4 Å². The predicted octanol–water partition coefficient (Wildman–Crippen LogP) is 2.92. The maximum Gasteiger partial charge on any atom is 0.122 e. The van der Waals surface area contributed by atoms with E-state index in [1.807, 2.05) is 6.92 Å². The maximum absolute atomic E-state index is 6.06. The molecule has 0 fully saturated rings. The summed E-state index contributed by atoms with van der Waals surface area (Å²) in [6.45, 7) is 5.48. The molecule has 1 unspecified atom stereocenters. The van der Waals surface area contributed by atoms with Crippen LogP contribution in [-0.4, -0.2) is 17.2 Å². The van der Waals surface area contributed by atoms with Gasteiger partial charge in [-0.2, -0.15) is 0 Å². The normalized spacial score (nSPS) is 13.1. The highest BCUT2D eigenvalue weighted by atomic mass is 16.5. The maximum atomic E-state index is 6.06. The number of hydrogen-bond donors (Lipinski definition) is 1. The van der Waals surface area contributed by atoms with Crippen LogP contribution in [0.2, 0.25) is 0 Å². The lowest BCUT2D eigenvalue weighted by Crippen LogP contribution is -2.21. The van der Waals surface area contributed by atoms with E-state index in [1.54, 1.807) is 0 Å². The van der Waals surface area contributed by atoms with Gasteiger partial charge in [0.25, 0.3) is 0 Å². The Morgan fingerprint density at radius 3 is 2.78 bits per heavy atom. The van der Waals surface area contributed by atoms with Crippen molar-refractivity contribution in [3.8, 4) is 0 Å². The molecule has 3 nitrogen and oxygen atoms in total. The molecule has 1 aromatic carbocycles. The zero-order valence-corrected chi connectivity index (χ0v) is 11.2. The summed E-state index contributed by atoms with van der Waals surface area (Å²) >= 11 is 0. The second-order valence-electron chi connectivity index (χ2n) is 4.64. The molecule has 2 aromatic rings. The van der Waals surface area contributed by atoms with Crippen LogP contribution in [0.1, 0.15) is 25.8 Å². The summed E-state index contributed by atoms with van der Waals surface area (Å²) in [4.78, 5) is 0. The first-order valence-electron chi connectivity index (χ1n) is 6.66. The lowest BCUT2D eigenvalue weighted by atomic mass is 10.0. The molecule has 0 radical (unpaired) electrons. The van der Waals surface area contributed by atoms with Crippen LogP contribution in [0.4, 0.5) is 0 Å². The molecular formula is C15H22N2O. The first kappa shape index (κ1) is 13.1. The summed E-state index contributed by atoms with van der Waals surface area (Å²) in [5.74, 6) is 0. The van der Waals surface area contributed by atoms with Gasteiger partial charge in [-0.25, -0.2) is 0 Å². The fourth-order valence-corrected chi connectivity index (χ4v) is 2.21. The molecule has 0 amide bonds. The molecule has 0 saturated carbocycles. The minimum absolute atomic E-state index is 0.233. The average Bonchev–Trinajstić information content (AvgIpc) is 2.75. The fourth-order valence-electron chi connectivity index (χ4n) is 2.21. The number of ether oxygens (including phenoxy) is 1. The van der Waals surface area contributed by atoms with Crippen molar-refractivity contribution in [1.82, 2.24) is 4.57 Å². The Kier molecular flexibility index (Phi) is 4.39. The zero-order chi connectivity index (χ0) is 13.0. The monoisotopic (exact) mass is 246 g/mol. The standard InChI is InChI=1S/C15H22N2O/c1-3-13(16)9-12-10-17(11-18-4-2)15-8-6-5-7-14(12)15/h5-8,10,13H,3-4,9,11,16H2,1-2H3. The molecule has 2 rings (SSSR count). The second kappa shape index (κ2) is 6.03. The highest BCUT2D eigenvalue weighted by Gasteiger charge is 2.10.